The number of carbonyl (C=O) groups is 1. The predicted molar refractivity (Wildman–Crippen MR) is 50.1 cm³/mol. The first-order valence-corrected chi connectivity index (χ1v) is 5.12. The SMILES string of the molecule is CCC1CC(=O)N(CC(C#N)C(F)(F)F)C1. The molecule has 0 aliphatic carbocycles. The van der Waals surface area contributed by atoms with Crippen molar-refractivity contribution in [1.29, 1.82) is 5.26 Å². The summed E-state index contributed by atoms with van der Waals surface area (Å²) in [6.07, 6.45) is -3.49. The summed E-state index contributed by atoms with van der Waals surface area (Å²) in [5.74, 6) is -2.23. The summed E-state index contributed by atoms with van der Waals surface area (Å²) in [5.41, 5.74) is 0. The number of amides is 1. The summed E-state index contributed by atoms with van der Waals surface area (Å²) in [6.45, 7) is 1.70. The van der Waals surface area contributed by atoms with Crippen LogP contribution in [0.3, 0.4) is 0 Å². The normalized spacial score (nSPS) is 23.3. The Morgan fingerprint density at radius 2 is 2.25 bits per heavy atom. The molecule has 1 saturated heterocycles. The van der Waals surface area contributed by atoms with Crippen molar-refractivity contribution in [3.8, 4) is 6.07 Å². The van der Waals surface area contributed by atoms with Crippen molar-refractivity contribution in [2.45, 2.75) is 25.9 Å². The van der Waals surface area contributed by atoms with E-state index in [-0.39, 0.29) is 11.8 Å². The molecule has 0 aromatic rings. The number of alkyl halides is 3. The highest BCUT2D eigenvalue weighted by molar-refractivity contribution is 5.78. The molecule has 0 bridgehead atoms. The molecule has 0 aromatic heterocycles. The number of carbonyl (C=O) groups excluding carboxylic acids is 1. The van der Waals surface area contributed by atoms with Crippen molar-refractivity contribution < 1.29 is 18.0 Å². The van der Waals surface area contributed by atoms with Crippen LogP contribution in [0.2, 0.25) is 0 Å². The molecule has 1 aliphatic rings. The van der Waals surface area contributed by atoms with Crippen LogP contribution in [0.1, 0.15) is 19.8 Å². The van der Waals surface area contributed by atoms with Crippen LogP contribution in [0.4, 0.5) is 13.2 Å². The molecule has 6 heteroatoms. The van der Waals surface area contributed by atoms with Gasteiger partial charge in [-0.3, -0.25) is 4.79 Å². The summed E-state index contributed by atoms with van der Waals surface area (Å²) in [6, 6.07) is 1.20. The van der Waals surface area contributed by atoms with Gasteiger partial charge in [0.2, 0.25) is 5.91 Å². The van der Waals surface area contributed by atoms with Crippen LogP contribution in [0.15, 0.2) is 0 Å². The van der Waals surface area contributed by atoms with Crippen molar-refractivity contribution >= 4 is 5.91 Å². The number of nitriles is 1. The van der Waals surface area contributed by atoms with E-state index < -0.39 is 18.6 Å². The Labute approximate surface area is 91.8 Å². The first-order valence-electron chi connectivity index (χ1n) is 5.12. The van der Waals surface area contributed by atoms with E-state index in [9.17, 15) is 18.0 Å². The highest BCUT2D eigenvalue weighted by atomic mass is 19.4. The maximum Gasteiger partial charge on any atom is 0.406 e. The summed E-state index contributed by atoms with van der Waals surface area (Å²) < 4.78 is 37.0. The van der Waals surface area contributed by atoms with E-state index in [4.69, 9.17) is 5.26 Å². The molecule has 0 radical (unpaired) electrons. The Hall–Kier alpha value is -1.25. The molecular formula is C10H13F3N2O. The van der Waals surface area contributed by atoms with E-state index in [1.165, 1.54) is 6.07 Å². The fraction of sp³-hybridized carbons (Fsp3) is 0.800. The molecule has 1 amide bonds. The zero-order chi connectivity index (χ0) is 12.3. The number of hydrogen-bond acceptors (Lipinski definition) is 2. The second-order valence-electron chi connectivity index (χ2n) is 4.00. The quantitative estimate of drug-likeness (QED) is 0.749. The number of likely N-dealkylation sites (tertiary alicyclic amines) is 1. The lowest BCUT2D eigenvalue weighted by molar-refractivity contribution is -0.164. The first kappa shape index (κ1) is 12.8. The largest absolute Gasteiger partial charge is 0.406 e. The molecule has 1 heterocycles. The van der Waals surface area contributed by atoms with Crippen LogP contribution in [-0.2, 0) is 4.79 Å². The minimum Gasteiger partial charge on any atom is -0.341 e. The van der Waals surface area contributed by atoms with Crippen molar-refractivity contribution in [3.05, 3.63) is 0 Å². The van der Waals surface area contributed by atoms with Gasteiger partial charge in [-0.1, -0.05) is 13.3 Å². The van der Waals surface area contributed by atoms with Crippen LogP contribution in [0.25, 0.3) is 0 Å². The second kappa shape index (κ2) is 4.73. The minimum atomic E-state index is -4.56. The maximum absolute atomic E-state index is 12.3. The first-order chi connectivity index (χ1) is 7.38. The Balaban J connectivity index is 2.61. The molecular weight excluding hydrogens is 221 g/mol. The van der Waals surface area contributed by atoms with Crippen molar-refractivity contribution in [3.63, 3.8) is 0 Å². The van der Waals surface area contributed by atoms with Gasteiger partial charge in [0.15, 0.2) is 5.92 Å². The van der Waals surface area contributed by atoms with Crippen LogP contribution < -0.4 is 0 Å². The van der Waals surface area contributed by atoms with Gasteiger partial charge >= 0.3 is 6.18 Å². The van der Waals surface area contributed by atoms with Gasteiger partial charge in [0.05, 0.1) is 6.07 Å². The molecule has 0 N–H and O–H groups in total. The highest BCUT2D eigenvalue weighted by Crippen LogP contribution is 2.29. The third-order valence-corrected chi connectivity index (χ3v) is 2.83. The molecule has 1 fully saturated rings. The van der Waals surface area contributed by atoms with Crippen molar-refractivity contribution in [2.75, 3.05) is 13.1 Å². The number of hydrogen-bond donors (Lipinski definition) is 0. The molecule has 0 aromatic carbocycles. The van der Waals surface area contributed by atoms with E-state index in [0.29, 0.717) is 13.0 Å². The Kier molecular flexibility index (Phi) is 3.79. The molecule has 0 spiro atoms. The van der Waals surface area contributed by atoms with Crippen LogP contribution >= 0.6 is 0 Å². The van der Waals surface area contributed by atoms with E-state index in [1.807, 2.05) is 6.92 Å². The highest BCUT2D eigenvalue weighted by Gasteiger charge is 2.43. The monoisotopic (exact) mass is 234 g/mol. The third-order valence-electron chi connectivity index (χ3n) is 2.83. The third kappa shape index (κ3) is 2.87. The van der Waals surface area contributed by atoms with Gasteiger partial charge in [0, 0.05) is 19.5 Å². The van der Waals surface area contributed by atoms with Crippen molar-refractivity contribution in [2.24, 2.45) is 11.8 Å². The zero-order valence-electron chi connectivity index (χ0n) is 8.92. The molecule has 1 rings (SSSR count). The average Bonchev–Trinajstić information content (AvgIpc) is 2.54. The van der Waals surface area contributed by atoms with Gasteiger partial charge in [-0.2, -0.15) is 18.4 Å². The van der Waals surface area contributed by atoms with Crippen LogP contribution in [0.5, 0.6) is 0 Å². The standard InChI is InChI=1S/C10H13F3N2O/c1-2-7-3-9(16)15(5-7)6-8(4-14)10(11,12)13/h7-8H,2-3,5-6H2,1H3. The van der Waals surface area contributed by atoms with E-state index in [2.05, 4.69) is 0 Å². The Morgan fingerprint density at radius 3 is 2.62 bits per heavy atom. The van der Waals surface area contributed by atoms with E-state index in [0.717, 1.165) is 11.3 Å². The molecule has 3 nitrogen and oxygen atoms in total. The van der Waals surface area contributed by atoms with Gasteiger partial charge in [-0.15, -0.1) is 0 Å². The zero-order valence-corrected chi connectivity index (χ0v) is 8.92. The van der Waals surface area contributed by atoms with E-state index in [1.54, 1.807) is 0 Å². The molecule has 0 saturated carbocycles. The number of nitrogens with zero attached hydrogens (tertiary/aromatic N) is 2. The van der Waals surface area contributed by atoms with Gasteiger partial charge < -0.3 is 4.90 Å². The molecule has 2 atom stereocenters. The van der Waals surface area contributed by atoms with Gasteiger partial charge in [0.25, 0.3) is 0 Å². The summed E-state index contributed by atoms with van der Waals surface area (Å²) in [7, 11) is 0. The van der Waals surface area contributed by atoms with Crippen LogP contribution in [0, 0.1) is 23.2 Å². The second-order valence-corrected chi connectivity index (χ2v) is 4.00. The minimum absolute atomic E-state index is 0.125. The lowest BCUT2D eigenvalue weighted by Crippen LogP contribution is -2.37. The van der Waals surface area contributed by atoms with E-state index >= 15 is 0 Å². The number of halogens is 3. The molecule has 1 aliphatic heterocycles. The number of rotatable bonds is 3. The topological polar surface area (TPSA) is 44.1 Å². The Morgan fingerprint density at radius 1 is 1.62 bits per heavy atom. The molecule has 2 unspecified atom stereocenters. The van der Waals surface area contributed by atoms with Gasteiger partial charge in [-0.05, 0) is 5.92 Å². The van der Waals surface area contributed by atoms with Gasteiger partial charge in [0.1, 0.15) is 0 Å². The fourth-order valence-electron chi connectivity index (χ4n) is 1.74. The predicted octanol–water partition coefficient (Wildman–Crippen LogP) is 1.95. The Bertz CT molecular complexity index is 308. The van der Waals surface area contributed by atoms with Crippen molar-refractivity contribution in [1.82, 2.24) is 4.90 Å². The lowest BCUT2D eigenvalue weighted by atomic mass is 10.1. The summed E-state index contributed by atoms with van der Waals surface area (Å²) >= 11 is 0. The van der Waals surface area contributed by atoms with Gasteiger partial charge in [-0.25, -0.2) is 0 Å². The lowest BCUT2D eigenvalue weighted by Gasteiger charge is -2.21. The smallest absolute Gasteiger partial charge is 0.341 e. The fourth-order valence-corrected chi connectivity index (χ4v) is 1.74. The summed E-state index contributed by atoms with van der Waals surface area (Å²) in [5, 5.41) is 8.42. The maximum atomic E-state index is 12.3. The summed E-state index contributed by atoms with van der Waals surface area (Å²) in [4.78, 5) is 12.5. The van der Waals surface area contributed by atoms with Crippen LogP contribution in [-0.4, -0.2) is 30.1 Å². The average molecular weight is 234 g/mol. The molecule has 16 heavy (non-hydrogen) atoms. The molecule has 90 valence electrons.